The van der Waals surface area contributed by atoms with Crippen LogP contribution in [0.15, 0.2) is 0 Å². The van der Waals surface area contributed by atoms with Gasteiger partial charge in [0.25, 0.3) is 6.67 Å². The van der Waals surface area contributed by atoms with Gasteiger partial charge in [-0.3, -0.25) is 26.1 Å². The lowest BCUT2D eigenvalue weighted by molar-refractivity contribution is -0.630. The van der Waals surface area contributed by atoms with Gasteiger partial charge in [0.15, 0.2) is 0 Å². The average molecular weight is 138 g/mol. The Morgan fingerprint density at radius 1 is 1.22 bits per heavy atom. The monoisotopic (exact) mass is 138 g/mol. The number of hydrogen-bond acceptors (Lipinski definition) is 5. The van der Waals surface area contributed by atoms with Crippen LogP contribution >= 0.6 is 0 Å². The molecule has 9 heavy (non-hydrogen) atoms. The standard InChI is InChI=1S/CHN2O4.H4N2/c4-2(5)1-3(6)7;1-2/h1H;1-2H2/q-1;/p+1. The highest BCUT2D eigenvalue weighted by Crippen LogP contribution is 1.75. The van der Waals surface area contributed by atoms with Crippen molar-refractivity contribution in [3.8, 4) is 0 Å². The molecule has 0 aromatic heterocycles. The predicted molar refractivity (Wildman–Crippen MR) is 25.4 cm³/mol. The molecule has 0 aromatic carbocycles. The predicted octanol–water partition coefficient (Wildman–Crippen LogP) is -2.24. The maximum Gasteiger partial charge on any atom is 0.253 e. The molecule has 0 aliphatic rings. The fraction of sp³-hybridized carbons (Fsp3) is 0. The van der Waals surface area contributed by atoms with Gasteiger partial charge in [0.2, 0.25) is 0 Å². The Hall–Kier alpha value is -1.41. The van der Waals surface area contributed by atoms with Crippen molar-refractivity contribution in [2.24, 2.45) is 5.84 Å². The summed E-state index contributed by atoms with van der Waals surface area (Å²) >= 11 is 0. The summed E-state index contributed by atoms with van der Waals surface area (Å²) in [6, 6.07) is 0. The molecule has 8 heteroatoms. The molecule has 0 amide bonds. The lowest BCUT2D eigenvalue weighted by Gasteiger charge is -1.90. The van der Waals surface area contributed by atoms with Crippen LogP contribution in [0.2, 0.25) is 0 Å². The van der Waals surface area contributed by atoms with E-state index in [0.717, 1.165) is 0 Å². The van der Waals surface area contributed by atoms with E-state index in [1.165, 1.54) is 0 Å². The molecule has 0 aliphatic heterocycles. The van der Waals surface area contributed by atoms with Gasteiger partial charge in [0.1, 0.15) is 0 Å². The van der Waals surface area contributed by atoms with E-state index in [1.807, 2.05) is 0 Å². The van der Waals surface area contributed by atoms with Gasteiger partial charge in [-0.2, -0.15) is 5.84 Å². The number of nitro groups is 2. The first kappa shape index (κ1) is 10.5. The smallest absolute Gasteiger partial charge is 0.253 e. The van der Waals surface area contributed by atoms with E-state index in [1.54, 1.807) is 0 Å². The minimum absolute atomic E-state index is 0.222. The van der Waals surface area contributed by atoms with Crippen LogP contribution in [0, 0.1) is 26.9 Å². The molecule has 8 nitrogen and oxygen atoms in total. The van der Waals surface area contributed by atoms with Gasteiger partial charge in [-0.15, -0.1) is 0 Å². The summed E-state index contributed by atoms with van der Waals surface area (Å²) in [6.45, 7) is -0.222. The number of nitrogens with zero attached hydrogens (tertiary/aromatic N) is 2. The van der Waals surface area contributed by atoms with Crippen molar-refractivity contribution in [2.45, 2.75) is 0 Å². The Balaban J connectivity index is 0. The Kier molecular flexibility index (Phi) is 7.72. The molecule has 0 saturated carbocycles. The molecule has 0 aliphatic carbocycles. The zero-order valence-corrected chi connectivity index (χ0v) is 4.39. The molecule has 0 atom stereocenters. The topological polar surface area (TPSA) is 140 Å². The molecule has 0 bridgehead atoms. The molecule has 5 N–H and O–H groups in total. The Morgan fingerprint density at radius 2 is 1.44 bits per heavy atom. The van der Waals surface area contributed by atoms with Crippen molar-refractivity contribution in [3.05, 3.63) is 26.9 Å². The van der Waals surface area contributed by atoms with E-state index in [-0.39, 0.29) is 6.67 Å². The van der Waals surface area contributed by atoms with Crippen LogP contribution in [0.3, 0.4) is 0 Å². The summed E-state index contributed by atoms with van der Waals surface area (Å²) in [5.41, 5.74) is 0. The van der Waals surface area contributed by atoms with E-state index >= 15 is 0 Å². The van der Waals surface area contributed by atoms with Crippen LogP contribution in [-0.4, -0.2) is 9.85 Å². The second kappa shape index (κ2) is 6.59. The Bertz CT molecular complexity index is 88.7. The van der Waals surface area contributed by atoms with Crippen LogP contribution in [0.4, 0.5) is 0 Å². The maximum atomic E-state index is 9.12. The van der Waals surface area contributed by atoms with Gasteiger partial charge < -0.3 is 0 Å². The highest BCUT2D eigenvalue weighted by Gasteiger charge is 1.88. The second-order valence-electron chi connectivity index (χ2n) is 0.686. The van der Waals surface area contributed by atoms with Crippen LogP contribution < -0.4 is 11.7 Å². The van der Waals surface area contributed by atoms with E-state index < -0.39 is 9.85 Å². The van der Waals surface area contributed by atoms with Gasteiger partial charge in [-0.25, -0.2) is 0 Å². The van der Waals surface area contributed by atoms with Gasteiger partial charge in [0.05, 0.1) is 0 Å². The first-order chi connectivity index (χ1) is 4.13. The molecule has 54 valence electrons. The second-order valence-corrected chi connectivity index (χ2v) is 0.686. The summed E-state index contributed by atoms with van der Waals surface area (Å²) in [4.78, 5) is 16.0. The summed E-state index contributed by atoms with van der Waals surface area (Å²) in [5.74, 6) is 7.00. The molecular weight excluding hydrogens is 132 g/mol. The highest BCUT2D eigenvalue weighted by molar-refractivity contribution is 4.19. The normalized spacial score (nSPS) is 6.44. The first-order valence-electron chi connectivity index (χ1n) is 1.65. The molecule has 0 radical (unpaired) electrons. The van der Waals surface area contributed by atoms with Crippen molar-refractivity contribution >= 4 is 0 Å². The highest BCUT2D eigenvalue weighted by atomic mass is 16.7. The van der Waals surface area contributed by atoms with Gasteiger partial charge in [-0.1, -0.05) is 0 Å². The summed E-state index contributed by atoms with van der Waals surface area (Å²) in [7, 11) is 0. The van der Waals surface area contributed by atoms with Gasteiger partial charge in [0, 0.05) is 0 Å². The Morgan fingerprint density at radius 3 is 1.44 bits per heavy atom. The van der Waals surface area contributed by atoms with Crippen LogP contribution in [0.25, 0.3) is 0 Å². The zero-order valence-electron chi connectivity index (χ0n) is 4.39. The van der Waals surface area contributed by atoms with Crippen molar-refractivity contribution < 1.29 is 15.7 Å². The zero-order chi connectivity index (χ0) is 7.86. The van der Waals surface area contributed by atoms with Crippen LogP contribution in [0.5, 0.6) is 0 Å². The van der Waals surface area contributed by atoms with Crippen LogP contribution in [0.1, 0.15) is 0 Å². The summed E-state index contributed by atoms with van der Waals surface area (Å²) in [5, 5.41) is 18.2. The van der Waals surface area contributed by atoms with Crippen molar-refractivity contribution in [1.82, 2.24) is 0 Å². The largest absolute Gasteiger partial charge is 0.289 e. The molecule has 0 fully saturated rings. The fourth-order valence-corrected chi connectivity index (χ4v) is 0.0770. The third-order valence-corrected chi connectivity index (χ3v) is 0.189. The minimum atomic E-state index is -1.12. The lowest BCUT2D eigenvalue weighted by Crippen LogP contribution is -2.59. The SMILES string of the molecule is N[NH3+].O=[N+]([O-])[CH-][N+](=O)[O-]. The van der Waals surface area contributed by atoms with Crippen molar-refractivity contribution in [2.75, 3.05) is 0 Å². The Labute approximate surface area is 49.7 Å². The van der Waals surface area contributed by atoms with Gasteiger partial charge in [-0.05, 0) is 9.85 Å². The number of nitrogens with two attached hydrogens (primary N) is 1. The van der Waals surface area contributed by atoms with E-state index in [4.69, 9.17) is 20.2 Å². The maximum absolute atomic E-state index is 9.12. The van der Waals surface area contributed by atoms with Gasteiger partial charge >= 0.3 is 0 Å². The number of rotatable bonds is 2. The van der Waals surface area contributed by atoms with Crippen molar-refractivity contribution in [3.63, 3.8) is 0 Å². The van der Waals surface area contributed by atoms with Crippen LogP contribution in [-0.2, 0) is 0 Å². The molecule has 0 aromatic rings. The van der Waals surface area contributed by atoms with E-state index in [2.05, 4.69) is 11.7 Å². The molecule has 0 unspecified atom stereocenters. The third kappa shape index (κ3) is 20.7. The molecule has 0 rings (SSSR count). The molecule has 0 saturated heterocycles. The quantitative estimate of drug-likeness (QED) is 0.192. The molecule has 0 spiro atoms. The minimum Gasteiger partial charge on any atom is -0.289 e. The van der Waals surface area contributed by atoms with E-state index in [0.29, 0.717) is 0 Å². The number of quaternary nitrogens is 1. The van der Waals surface area contributed by atoms with E-state index in [9.17, 15) is 0 Å². The molecule has 0 heterocycles. The third-order valence-electron chi connectivity index (χ3n) is 0.189. The lowest BCUT2D eigenvalue weighted by atomic mass is 11.2. The molecular formula is CH6N4O4. The average Bonchev–Trinajstić information content (AvgIpc) is 1.68. The van der Waals surface area contributed by atoms with Crippen molar-refractivity contribution in [1.29, 1.82) is 0 Å². The summed E-state index contributed by atoms with van der Waals surface area (Å²) in [6.07, 6.45) is 0. The first-order valence-corrected chi connectivity index (χ1v) is 1.65. The summed E-state index contributed by atoms with van der Waals surface area (Å²) < 4.78 is 0. The number of hydrogen-bond donors (Lipinski definition) is 2. The fourth-order valence-electron chi connectivity index (χ4n) is 0.0770.